The van der Waals surface area contributed by atoms with Crippen molar-refractivity contribution in [2.45, 2.75) is 45.6 Å². The maximum atomic E-state index is 3.68. The summed E-state index contributed by atoms with van der Waals surface area (Å²) in [6, 6.07) is 19.7. The van der Waals surface area contributed by atoms with Gasteiger partial charge in [0.2, 0.25) is 0 Å². The zero-order chi connectivity index (χ0) is 15.1. The first-order valence-corrected chi connectivity index (χ1v) is 8.00. The van der Waals surface area contributed by atoms with Crippen LogP contribution < -0.4 is 5.32 Å². The van der Waals surface area contributed by atoms with Crippen molar-refractivity contribution in [3.05, 3.63) is 71.3 Å². The van der Waals surface area contributed by atoms with Gasteiger partial charge in [-0.2, -0.15) is 0 Å². The molecule has 0 fully saturated rings. The van der Waals surface area contributed by atoms with Crippen molar-refractivity contribution >= 4 is 0 Å². The van der Waals surface area contributed by atoms with Crippen molar-refractivity contribution in [2.24, 2.45) is 0 Å². The minimum atomic E-state index is 0.0307. The van der Waals surface area contributed by atoms with Crippen molar-refractivity contribution in [1.29, 1.82) is 0 Å². The predicted molar refractivity (Wildman–Crippen MR) is 91.6 cm³/mol. The smallest absolute Gasteiger partial charge is 0.0377 e. The van der Waals surface area contributed by atoms with Crippen molar-refractivity contribution in [3.63, 3.8) is 0 Å². The molecule has 1 N–H and O–H groups in total. The highest BCUT2D eigenvalue weighted by Gasteiger charge is 2.18. The second-order valence-electron chi connectivity index (χ2n) is 6.19. The molecular weight excluding hydrogens is 254 g/mol. The molecule has 0 aromatic heterocycles. The number of aryl methyl sites for hydroxylation is 2. The third kappa shape index (κ3) is 4.71. The van der Waals surface area contributed by atoms with Crippen LogP contribution in [0.25, 0.3) is 0 Å². The van der Waals surface area contributed by atoms with Crippen LogP contribution in [-0.4, -0.2) is 6.54 Å². The third-order valence-electron chi connectivity index (χ3n) is 4.14. The molecule has 0 heterocycles. The first-order chi connectivity index (χ1) is 10.1. The molecule has 2 aromatic carbocycles. The summed E-state index contributed by atoms with van der Waals surface area (Å²) in [5.74, 6) is 0. The molecule has 0 amide bonds. The van der Waals surface area contributed by atoms with Crippen LogP contribution in [0.3, 0.4) is 0 Å². The normalized spacial score (nSPS) is 11.6. The van der Waals surface area contributed by atoms with E-state index in [2.05, 4.69) is 80.7 Å². The largest absolute Gasteiger partial charge is 0.308 e. The summed E-state index contributed by atoms with van der Waals surface area (Å²) in [5, 5.41) is 3.68. The molecule has 1 heteroatoms. The van der Waals surface area contributed by atoms with E-state index in [-0.39, 0.29) is 5.54 Å². The van der Waals surface area contributed by atoms with Crippen molar-refractivity contribution < 1.29 is 0 Å². The summed E-state index contributed by atoms with van der Waals surface area (Å²) >= 11 is 0. The van der Waals surface area contributed by atoms with E-state index in [1.165, 1.54) is 23.1 Å². The summed E-state index contributed by atoms with van der Waals surface area (Å²) in [5.41, 5.74) is 4.21. The minimum absolute atomic E-state index is 0.0307. The summed E-state index contributed by atoms with van der Waals surface area (Å²) in [6.07, 6.45) is 3.41. The molecule has 0 unspecified atom stereocenters. The standard InChI is InChI=1S/C20H27N/c1-4-17-12-14-19(15-13-17)20(2,3)21-16-8-11-18-9-6-5-7-10-18/h5-7,9-10,12-15,21H,4,8,11,16H2,1-3H3. The fourth-order valence-electron chi connectivity index (χ4n) is 2.60. The monoisotopic (exact) mass is 281 g/mol. The molecule has 0 spiro atoms. The zero-order valence-electron chi connectivity index (χ0n) is 13.5. The molecule has 0 saturated carbocycles. The van der Waals surface area contributed by atoms with E-state index in [0.29, 0.717) is 0 Å². The molecule has 2 aromatic rings. The quantitative estimate of drug-likeness (QED) is 0.725. The van der Waals surface area contributed by atoms with Gasteiger partial charge in [0.25, 0.3) is 0 Å². The second kappa shape index (κ2) is 7.42. The van der Waals surface area contributed by atoms with Crippen LogP contribution in [0.15, 0.2) is 54.6 Å². The first kappa shape index (κ1) is 15.8. The SMILES string of the molecule is CCc1ccc(C(C)(C)NCCCc2ccccc2)cc1. The van der Waals surface area contributed by atoms with E-state index in [1.54, 1.807) is 0 Å². The molecule has 0 radical (unpaired) electrons. The van der Waals surface area contributed by atoms with Gasteiger partial charge in [-0.1, -0.05) is 61.5 Å². The van der Waals surface area contributed by atoms with E-state index >= 15 is 0 Å². The Bertz CT molecular complexity index is 526. The topological polar surface area (TPSA) is 12.0 Å². The van der Waals surface area contributed by atoms with Gasteiger partial charge < -0.3 is 5.32 Å². The number of hydrogen-bond acceptors (Lipinski definition) is 1. The Labute approximate surface area is 129 Å². The third-order valence-corrected chi connectivity index (χ3v) is 4.14. The molecule has 0 bridgehead atoms. The Kier molecular flexibility index (Phi) is 5.58. The van der Waals surface area contributed by atoms with Gasteiger partial charge in [0.05, 0.1) is 0 Å². The van der Waals surface area contributed by atoms with Crippen molar-refractivity contribution in [2.75, 3.05) is 6.54 Å². The van der Waals surface area contributed by atoms with Gasteiger partial charge in [0.15, 0.2) is 0 Å². The number of nitrogens with one attached hydrogen (secondary N) is 1. The Balaban J connectivity index is 1.83. The molecule has 112 valence electrons. The Morgan fingerprint density at radius 1 is 0.857 bits per heavy atom. The molecule has 0 atom stereocenters. The highest BCUT2D eigenvalue weighted by Crippen LogP contribution is 2.20. The van der Waals surface area contributed by atoms with E-state index in [9.17, 15) is 0 Å². The maximum Gasteiger partial charge on any atom is 0.0377 e. The average Bonchev–Trinajstić information content (AvgIpc) is 2.53. The molecule has 2 rings (SSSR count). The molecule has 1 nitrogen and oxygen atoms in total. The van der Waals surface area contributed by atoms with Crippen LogP contribution in [0, 0.1) is 0 Å². The molecule has 21 heavy (non-hydrogen) atoms. The van der Waals surface area contributed by atoms with Crippen molar-refractivity contribution in [3.8, 4) is 0 Å². The van der Waals surface area contributed by atoms with Gasteiger partial charge >= 0.3 is 0 Å². The Hall–Kier alpha value is -1.60. The Morgan fingerprint density at radius 2 is 1.52 bits per heavy atom. The zero-order valence-corrected chi connectivity index (χ0v) is 13.5. The van der Waals surface area contributed by atoms with Gasteiger partial charge in [-0.15, -0.1) is 0 Å². The van der Waals surface area contributed by atoms with Crippen LogP contribution in [-0.2, 0) is 18.4 Å². The lowest BCUT2D eigenvalue weighted by Gasteiger charge is -2.27. The van der Waals surface area contributed by atoms with Crippen molar-refractivity contribution in [1.82, 2.24) is 5.32 Å². The lowest BCUT2D eigenvalue weighted by atomic mass is 9.93. The lowest BCUT2D eigenvalue weighted by molar-refractivity contribution is 0.400. The van der Waals surface area contributed by atoms with Crippen LogP contribution >= 0.6 is 0 Å². The lowest BCUT2D eigenvalue weighted by Crippen LogP contribution is -2.37. The fraction of sp³-hybridized carbons (Fsp3) is 0.400. The summed E-state index contributed by atoms with van der Waals surface area (Å²) in [6.45, 7) is 7.76. The number of hydrogen-bond donors (Lipinski definition) is 1. The summed E-state index contributed by atoms with van der Waals surface area (Å²) in [4.78, 5) is 0. The van der Waals surface area contributed by atoms with E-state index < -0.39 is 0 Å². The van der Waals surface area contributed by atoms with Crippen LogP contribution in [0.2, 0.25) is 0 Å². The average molecular weight is 281 g/mol. The van der Waals surface area contributed by atoms with E-state index in [4.69, 9.17) is 0 Å². The highest BCUT2D eigenvalue weighted by molar-refractivity contribution is 5.27. The number of benzene rings is 2. The molecule has 0 aliphatic carbocycles. The predicted octanol–water partition coefficient (Wildman–Crippen LogP) is 4.71. The van der Waals surface area contributed by atoms with Gasteiger partial charge in [0.1, 0.15) is 0 Å². The Morgan fingerprint density at radius 3 is 2.14 bits per heavy atom. The fourth-order valence-corrected chi connectivity index (χ4v) is 2.60. The van der Waals surface area contributed by atoms with Gasteiger partial charge in [0, 0.05) is 5.54 Å². The summed E-state index contributed by atoms with van der Waals surface area (Å²) < 4.78 is 0. The number of rotatable bonds is 7. The van der Waals surface area contributed by atoms with Gasteiger partial charge in [-0.05, 0) is 56.3 Å². The van der Waals surface area contributed by atoms with Crippen LogP contribution in [0.1, 0.15) is 43.9 Å². The van der Waals surface area contributed by atoms with E-state index in [0.717, 1.165) is 19.4 Å². The molecule has 0 aliphatic rings. The van der Waals surface area contributed by atoms with Gasteiger partial charge in [-0.25, -0.2) is 0 Å². The molecular formula is C20H27N. The van der Waals surface area contributed by atoms with Gasteiger partial charge in [-0.3, -0.25) is 0 Å². The minimum Gasteiger partial charge on any atom is -0.308 e. The summed E-state index contributed by atoms with van der Waals surface area (Å²) in [7, 11) is 0. The maximum absolute atomic E-state index is 3.68. The van der Waals surface area contributed by atoms with E-state index in [1.807, 2.05) is 0 Å². The van der Waals surface area contributed by atoms with Crippen LogP contribution in [0.4, 0.5) is 0 Å². The molecule has 0 saturated heterocycles. The highest BCUT2D eigenvalue weighted by atomic mass is 14.9. The first-order valence-electron chi connectivity index (χ1n) is 8.00. The van der Waals surface area contributed by atoms with Crippen LogP contribution in [0.5, 0.6) is 0 Å². The molecule has 0 aliphatic heterocycles. The second-order valence-corrected chi connectivity index (χ2v) is 6.19.